The number of nitrogens with zero attached hydrogens (tertiary/aromatic N) is 4. The molecule has 7 nitrogen and oxygen atoms in total. The van der Waals surface area contributed by atoms with E-state index in [1.165, 1.54) is 10.9 Å². The van der Waals surface area contributed by atoms with E-state index in [1.807, 2.05) is 12.1 Å². The second-order valence-electron chi connectivity index (χ2n) is 8.38. The molecule has 1 amide bonds. The Morgan fingerprint density at radius 3 is 2.90 bits per heavy atom. The van der Waals surface area contributed by atoms with E-state index in [9.17, 15) is 4.79 Å². The zero-order valence-corrected chi connectivity index (χ0v) is 17.0. The summed E-state index contributed by atoms with van der Waals surface area (Å²) in [6.45, 7) is 0.836. The molecule has 3 aromatic rings. The van der Waals surface area contributed by atoms with Gasteiger partial charge >= 0.3 is 0 Å². The molecule has 29 heavy (non-hydrogen) atoms. The van der Waals surface area contributed by atoms with E-state index in [-0.39, 0.29) is 17.9 Å². The Bertz CT molecular complexity index is 1010. The van der Waals surface area contributed by atoms with Crippen molar-refractivity contribution in [1.29, 1.82) is 0 Å². The molecular weight excluding hydrogens is 388 g/mol. The minimum Gasteiger partial charge on any atom is -0.355 e. The number of carbonyl (C=O) groups excluding carboxylic acids is 1. The predicted molar refractivity (Wildman–Crippen MR) is 110 cm³/mol. The Morgan fingerprint density at radius 2 is 2.10 bits per heavy atom. The number of amides is 1. The highest BCUT2D eigenvalue weighted by atomic mass is 35.5. The zero-order chi connectivity index (χ0) is 19.8. The summed E-state index contributed by atoms with van der Waals surface area (Å²) in [6.07, 6.45) is 8.67. The van der Waals surface area contributed by atoms with Gasteiger partial charge in [0.15, 0.2) is 0 Å². The number of aryl methyl sites for hydroxylation is 1. The van der Waals surface area contributed by atoms with E-state index in [1.54, 1.807) is 11.0 Å². The Hall–Kier alpha value is -2.41. The molecule has 152 valence electrons. The molecule has 5 rings (SSSR count). The number of carbonyl (C=O) groups is 1. The second kappa shape index (κ2) is 7.78. The van der Waals surface area contributed by atoms with Crippen molar-refractivity contribution >= 4 is 28.4 Å². The molecule has 2 N–H and O–H groups in total. The molecule has 2 aliphatic carbocycles. The van der Waals surface area contributed by atoms with Gasteiger partial charge in [0.1, 0.15) is 6.33 Å². The molecular formula is C21H25ClN6O. The number of halogens is 1. The van der Waals surface area contributed by atoms with Crippen molar-refractivity contribution in [3.63, 3.8) is 0 Å². The molecule has 1 atom stereocenters. The lowest BCUT2D eigenvalue weighted by atomic mass is 9.81. The minimum atomic E-state index is 0.0497. The lowest BCUT2D eigenvalue weighted by Crippen LogP contribution is -2.37. The maximum absolute atomic E-state index is 13.0. The summed E-state index contributed by atoms with van der Waals surface area (Å²) in [5, 5.41) is 16.6. The molecule has 0 aliphatic heterocycles. The highest BCUT2D eigenvalue weighted by Crippen LogP contribution is 2.37. The van der Waals surface area contributed by atoms with Crippen LogP contribution in [0.3, 0.4) is 0 Å². The average molecular weight is 413 g/mol. The van der Waals surface area contributed by atoms with Crippen LogP contribution in [0.5, 0.6) is 0 Å². The second-order valence-corrected chi connectivity index (χ2v) is 8.79. The molecule has 0 saturated heterocycles. The number of fused-ring (bicyclic) bond motifs is 3. The molecule has 1 fully saturated rings. The van der Waals surface area contributed by atoms with E-state index in [2.05, 4.69) is 31.9 Å². The number of aromatic amines is 1. The zero-order valence-electron chi connectivity index (χ0n) is 16.3. The Balaban J connectivity index is 1.24. The van der Waals surface area contributed by atoms with Crippen molar-refractivity contribution in [3.05, 3.63) is 40.8 Å². The molecule has 0 bridgehead atoms. The Morgan fingerprint density at radius 1 is 1.24 bits per heavy atom. The molecule has 8 heteroatoms. The molecule has 2 heterocycles. The van der Waals surface area contributed by atoms with Crippen LogP contribution in [0.15, 0.2) is 24.5 Å². The molecule has 2 aliphatic rings. The summed E-state index contributed by atoms with van der Waals surface area (Å²) < 4.78 is 1.79. The third-order valence-corrected chi connectivity index (χ3v) is 6.88. The third kappa shape index (κ3) is 3.64. The smallest absolute Gasteiger partial charge is 0.223 e. The minimum absolute atomic E-state index is 0.0497. The first-order valence-corrected chi connectivity index (χ1v) is 10.9. The largest absolute Gasteiger partial charge is 0.355 e. The van der Waals surface area contributed by atoms with Crippen LogP contribution in [-0.4, -0.2) is 31.1 Å². The van der Waals surface area contributed by atoms with Gasteiger partial charge < -0.3 is 10.3 Å². The SMILES string of the molecule is O=C(NC1CCCc2c1[nH]c1c(Cl)cccc21)C1CCC(Cn2cnnn2)CC1. The van der Waals surface area contributed by atoms with Gasteiger partial charge in [0.2, 0.25) is 5.91 Å². The molecule has 1 aromatic carbocycles. The van der Waals surface area contributed by atoms with Crippen LogP contribution in [0.2, 0.25) is 5.02 Å². The van der Waals surface area contributed by atoms with Crippen LogP contribution < -0.4 is 5.32 Å². The van der Waals surface area contributed by atoms with Crippen molar-refractivity contribution in [2.24, 2.45) is 11.8 Å². The number of hydrogen-bond donors (Lipinski definition) is 2. The van der Waals surface area contributed by atoms with E-state index >= 15 is 0 Å². The van der Waals surface area contributed by atoms with Crippen LogP contribution in [-0.2, 0) is 17.8 Å². The maximum Gasteiger partial charge on any atom is 0.223 e. The van der Waals surface area contributed by atoms with Gasteiger partial charge in [0.25, 0.3) is 0 Å². The fourth-order valence-electron chi connectivity index (χ4n) is 5.02. The van der Waals surface area contributed by atoms with Crippen molar-refractivity contribution in [2.75, 3.05) is 0 Å². The van der Waals surface area contributed by atoms with Crippen LogP contribution in [0, 0.1) is 11.8 Å². The van der Waals surface area contributed by atoms with Gasteiger partial charge in [-0.05, 0) is 72.9 Å². The summed E-state index contributed by atoms with van der Waals surface area (Å²) in [7, 11) is 0. The van der Waals surface area contributed by atoms with Gasteiger partial charge in [-0.2, -0.15) is 0 Å². The summed E-state index contributed by atoms with van der Waals surface area (Å²) in [6, 6.07) is 6.07. The maximum atomic E-state index is 13.0. The standard InChI is InChI=1S/C21H25ClN6O/c22-17-5-1-3-15-16-4-2-6-18(20(16)25-19(15)17)24-21(29)14-9-7-13(8-10-14)11-28-12-23-26-27-28/h1,3,5,12-14,18,25H,2,4,6-11H2,(H,24,29). The van der Waals surface area contributed by atoms with Gasteiger partial charge in [-0.3, -0.25) is 4.79 Å². The van der Waals surface area contributed by atoms with E-state index in [0.29, 0.717) is 5.92 Å². The third-order valence-electron chi connectivity index (χ3n) is 6.56. The average Bonchev–Trinajstić information content (AvgIpc) is 3.38. The number of aromatic nitrogens is 5. The van der Waals surface area contributed by atoms with Crippen LogP contribution in [0.1, 0.15) is 55.8 Å². The van der Waals surface area contributed by atoms with Crippen LogP contribution in [0.4, 0.5) is 0 Å². The lowest BCUT2D eigenvalue weighted by molar-refractivity contribution is -0.127. The Kier molecular flexibility index (Phi) is 4.99. The number of tetrazole rings is 1. The number of para-hydroxylation sites is 1. The molecule has 0 radical (unpaired) electrons. The van der Waals surface area contributed by atoms with Crippen molar-refractivity contribution < 1.29 is 4.79 Å². The van der Waals surface area contributed by atoms with Gasteiger partial charge in [-0.1, -0.05) is 23.7 Å². The number of rotatable bonds is 4. The molecule has 0 spiro atoms. The van der Waals surface area contributed by atoms with Gasteiger partial charge in [0.05, 0.1) is 16.6 Å². The van der Waals surface area contributed by atoms with Gasteiger partial charge in [-0.25, -0.2) is 4.68 Å². The van der Waals surface area contributed by atoms with E-state index in [4.69, 9.17) is 11.6 Å². The summed E-state index contributed by atoms with van der Waals surface area (Å²) in [4.78, 5) is 16.5. The van der Waals surface area contributed by atoms with Gasteiger partial charge in [0, 0.05) is 23.5 Å². The quantitative estimate of drug-likeness (QED) is 0.682. The molecule has 1 unspecified atom stereocenters. The van der Waals surface area contributed by atoms with Crippen molar-refractivity contribution in [3.8, 4) is 0 Å². The number of benzene rings is 1. The summed E-state index contributed by atoms with van der Waals surface area (Å²) in [5.41, 5.74) is 3.44. The van der Waals surface area contributed by atoms with Gasteiger partial charge in [-0.15, -0.1) is 5.10 Å². The molecule has 2 aromatic heterocycles. The topological polar surface area (TPSA) is 88.5 Å². The van der Waals surface area contributed by atoms with Crippen LogP contribution >= 0.6 is 11.6 Å². The van der Waals surface area contributed by atoms with E-state index in [0.717, 1.165) is 67.7 Å². The summed E-state index contributed by atoms with van der Waals surface area (Å²) in [5.74, 6) is 0.826. The highest BCUT2D eigenvalue weighted by molar-refractivity contribution is 6.35. The van der Waals surface area contributed by atoms with Crippen molar-refractivity contribution in [2.45, 2.75) is 57.5 Å². The fraction of sp³-hybridized carbons (Fsp3) is 0.524. The van der Waals surface area contributed by atoms with Crippen LogP contribution in [0.25, 0.3) is 10.9 Å². The first kappa shape index (κ1) is 18.6. The fourth-order valence-corrected chi connectivity index (χ4v) is 5.24. The number of hydrogen-bond acceptors (Lipinski definition) is 4. The monoisotopic (exact) mass is 412 g/mol. The van der Waals surface area contributed by atoms with E-state index < -0.39 is 0 Å². The first-order valence-electron chi connectivity index (χ1n) is 10.5. The Labute approximate surface area is 174 Å². The molecule has 1 saturated carbocycles. The predicted octanol–water partition coefficient (Wildman–Crippen LogP) is 3.81. The normalized spacial score (nSPS) is 24.4. The number of nitrogens with one attached hydrogen (secondary N) is 2. The van der Waals surface area contributed by atoms with Crippen molar-refractivity contribution in [1.82, 2.24) is 30.5 Å². The summed E-state index contributed by atoms with van der Waals surface area (Å²) >= 11 is 6.38. The lowest BCUT2D eigenvalue weighted by Gasteiger charge is -2.30. The number of H-pyrrole nitrogens is 1. The highest BCUT2D eigenvalue weighted by Gasteiger charge is 2.31. The first-order chi connectivity index (χ1) is 14.2.